The van der Waals surface area contributed by atoms with Crippen molar-refractivity contribution >= 4 is 17.3 Å². The van der Waals surface area contributed by atoms with Gasteiger partial charge in [-0.2, -0.15) is 0 Å². The lowest BCUT2D eigenvalue weighted by Crippen LogP contribution is -2.38. The fourth-order valence-electron chi connectivity index (χ4n) is 3.99. The van der Waals surface area contributed by atoms with E-state index in [0.717, 1.165) is 24.3 Å². The molecule has 4 rings (SSSR count). The first-order valence-corrected chi connectivity index (χ1v) is 9.39. The normalized spacial score (nSPS) is 16.9. The summed E-state index contributed by atoms with van der Waals surface area (Å²) in [6.45, 7) is 5.06. The van der Waals surface area contributed by atoms with E-state index in [-0.39, 0.29) is 24.2 Å². The molecule has 0 radical (unpaired) electrons. The third-order valence-corrected chi connectivity index (χ3v) is 5.36. The van der Waals surface area contributed by atoms with E-state index in [4.69, 9.17) is 4.74 Å². The predicted octanol–water partition coefficient (Wildman–Crippen LogP) is 3.84. The number of nitrogens with zero attached hydrogens (tertiary/aromatic N) is 2. The highest BCUT2D eigenvalue weighted by Gasteiger charge is 2.30. The minimum Gasteiger partial charge on any atom is -0.378 e. The minimum absolute atomic E-state index is 0.0706. The summed E-state index contributed by atoms with van der Waals surface area (Å²) in [5.41, 5.74) is 2.13. The summed E-state index contributed by atoms with van der Waals surface area (Å²) in [5.74, 6) is -3.63. The van der Waals surface area contributed by atoms with Crippen LogP contribution in [-0.2, 0) is 11.2 Å². The van der Waals surface area contributed by atoms with Crippen molar-refractivity contribution in [3.8, 4) is 0 Å². The maximum atomic E-state index is 14.4. The standard InChI is InChI=1S/C21H21F3N2O2/c1-13-11-14(4-5-18(13)25-7-9-28-10-8-25)21(27)26-6-2-3-15-19(24)16(22)12-17(23)20(15)26/h4-5,11-12H,2-3,6-10H2,1H3. The number of ether oxygens (including phenoxy) is 1. The average Bonchev–Trinajstić information content (AvgIpc) is 2.71. The molecule has 0 bridgehead atoms. The fourth-order valence-corrected chi connectivity index (χ4v) is 3.99. The Morgan fingerprint density at radius 2 is 1.79 bits per heavy atom. The molecule has 0 saturated carbocycles. The number of hydrogen-bond donors (Lipinski definition) is 0. The van der Waals surface area contributed by atoms with Gasteiger partial charge in [0.1, 0.15) is 5.82 Å². The molecule has 1 saturated heterocycles. The lowest BCUT2D eigenvalue weighted by atomic mass is 9.98. The Bertz CT molecular complexity index is 926. The number of anilines is 2. The molecule has 2 aliphatic heterocycles. The highest BCUT2D eigenvalue weighted by molar-refractivity contribution is 6.07. The van der Waals surface area contributed by atoms with E-state index >= 15 is 0 Å². The predicted molar refractivity (Wildman–Crippen MR) is 101 cm³/mol. The topological polar surface area (TPSA) is 32.8 Å². The molecular formula is C21H21F3N2O2. The van der Waals surface area contributed by atoms with Gasteiger partial charge in [0.25, 0.3) is 5.91 Å². The van der Waals surface area contributed by atoms with Crippen LogP contribution in [0.2, 0.25) is 0 Å². The molecule has 2 aliphatic rings. The van der Waals surface area contributed by atoms with Gasteiger partial charge in [0, 0.05) is 42.5 Å². The number of aryl methyl sites for hydroxylation is 1. The largest absolute Gasteiger partial charge is 0.378 e. The molecule has 148 valence electrons. The number of fused-ring (bicyclic) bond motifs is 1. The van der Waals surface area contributed by atoms with E-state index in [2.05, 4.69) is 4.90 Å². The van der Waals surface area contributed by atoms with Crippen LogP contribution in [-0.4, -0.2) is 38.8 Å². The van der Waals surface area contributed by atoms with Crippen LogP contribution < -0.4 is 9.80 Å². The Morgan fingerprint density at radius 3 is 2.50 bits per heavy atom. The molecule has 2 aromatic rings. The Kier molecular flexibility index (Phi) is 5.02. The van der Waals surface area contributed by atoms with Crippen molar-refractivity contribution in [2.45, 2.75) is 19.8 Å². The van der Waals surface area contributed by atoms with Crippen molar-refractivity contribution in [3.63, 3.8) is 0 Å². The van der Waals surface area contributed by atoms with Crippen molar-refractivity contribution in [2.75, 3.05) is 42.6 Å². The summed E-state index contributed by atoms with van der Waals surface area (Å²) < 4.78 is 47.5. The highest BCUT2D eigenvalue weighted by atomic mass is 19.2. The number of benzene rings is 2. The molecular weight excluding hydrogens is 369 g/mol. The van der Waals surface area contributed by atoms with E-state index in [1.54, 1.807) is 12.1 Å². The van der Waals surface area contributed by atoms with Crippen LogP contribution in [0.4, 0.5) is 24.5 Å². The van der Waals surface area contributed by atoms with Crippen molar-refractivity contribution in [3.05, 3.63) is 58.4 Å². The maximum absolute atomic E-state index is 14.4. The summed E-state index contributed by atoms with van der Waals surface area (Å²) in [5, 5.41) is 0. The van der Waals surface area contributed by atoms with Crippen LogP contribution in [0.25, 0.3) is 0 Å². The van der Waals surface area contributed by atoms with Crippen LogP contribution >= 0.6 is 0 Å². The van der Waals surface area contributed by atoms with Crippen LogP contribution in [0.3, 0.4) is 0 Å². The highest BCUT2D eigenvalue weighted by Crippen LogP contribution is 2.35. The zero-order valence-corrected chi connectivity index (χ0v) is 15.6. The lowest BCUT2D eigenvalue weighted by molar-refractivity contribution is 0.0983. The van der Waals surface area contributed by atoms with Crippen LogP contribution in [0.15, 0.2) is 24.3 Å². The number of halogens is 3. The van der Waals surface area contributed by atoms with Crippen LogP contribution in [0.5, 0.6) is 0 Å². The van der Waals surface area contributed by atoms with Crippen molar-refractivity contribution in [2.24, 2.45) is 0 Å². The van der Waals surface area contributed by atoms with Gasteiger partial charge in [-0.15, -0.1) is 0 Å². The van der Waals surface area contributed by atoms with Gasteiger partial charge in [0.15, 0.2) is 11.6 Å². The number of carbonyl (C=O) groups is 1. The quantitative estimate of drug-likeness (QED) is 0.731. The molecule has 0 aromatic heterocycles. The molecule has 0 unspecified atom stereocenters. The summed E-state index contributed by atoms with van der Waals surface area (Å²) in [7, 11) is 0. The minimum atomic E-state index is -1.23. The molecule has 1 fully saturated rings. The van der Waals surface area contributed by atoms with Gasteiger partial charge in [0.05, 0.1) is 18.9 Å². The molecule has 0 aliphatic carbocycles. The second kappa shape index (κ2) is 7.47. The summed E-state index contributed by atoms with van der Waals surface area (Å²) in [4.78, 5) is 16.5. The third kappa shape index (κ3) is 3.24. The van der Waals surface area contributed by atoms with Crippen molar-refractivity contribution in [1.82, 2.24) is 0 Å². The zero-order chi connectivity index (χ0) is 19.8. The molecule has 0 N–H and O–H groups in total. The number of carbonyl (C=O) groups excluding carboxylic acids is 1. The molecule has 4 nitrogen and oxygen atoms in total. The third-order valence-electron chi connectivity index (χ3n) is 5.36. The van der Waals surface area contributed by atoms with Gasteiger partial charge in [-0.05, 0) is 43.5 Å². The van der Waals surface area contributed by atoms with E-state index in [0.29, 0.717) is 31.3 Å². The van der Waals surface area contributed by atoms with Gasteiger partial charge >= 0.3 is 0 Å². The average molecular weight is 390 g/mol. The summed E-state index contributed by atoms with van der Waals surface area (Å²) in [6, 6.07) is 5.85. The number of hydrogen-bond acceptors (Lipinski definition) is 3. The SMILES string of the molecule is Cc1cc(C(=O)N2CCCc3c(F)c(F)cc(F)c32)ccc1N1CCOCC1. The summed E-state index contributed by atoms with van der Waals surface area (Å²) >= 11 is 0. The molecule has 0 atom stereocenters. The van der Waals surface area contributed by atoms with Gasteiger partial charge in [-0.3, -0.25) is 4.79 Å². The van der Waals surface area contributed by atoms with E-state index < -0.39 is 23.4 Å². The van der Waals surface area contributed by atoms with E-state index in [1.807, 2.05) is 13.0 Å². The maximum Gasteiger partial charge on any atom is 0.258 e. The molecule has 0 spiro atoms. The van der Waals surface area contributed by atoms with Crippen LogP contribution in [0.1, 0.15) is 27.9 Å². The smallest absolute Gasteiger partial charge is 0.258 e. The van der Waals surface area contributed by atoms with Gasteiger partial charge < -0.3 is 14.5 Å². The second-order valence-corrected chi connectivity index (χ2v) is 7.14. The number of morpholine rings is 1. The zero-order valence-electron chi connectivity index (χ0n) is 15.6. The van der Waals surface area contributed by atoms with Crippen molar-refractivity contribution in [1.29, 1.82) is 0 Å². The first kappa shape index (κ1) is 18.8. The van der Waals surface area contributed by atoms with E-state index in [9.17, 15) is 18.0 Å². The van der Waals surface area contributed by atoms with Crippen molar-refractivity contribution < 1.29 is 22.7 Å². The van der Waals surface area contributed by atoms with E-state index in [1.165, 1.54) is 4.90 Å². The fraction of sp³-hybridized carbons (Fsp3) is 0.381. The Hall–Kier alpha value is -2.54. The lowest BCUT2D eigenvalue weighted by Gasteiger charge is -2.32. The Morgan fingerprint density at radius 1 is 1.04 bits per heavy atom. The molecule has 2 aromatic carbocycles. The molecule has 7 heteroatoms. The Balaban J connectivity index is 1.66. The van der Waals surface area contributed by atoms with Gasteiger partial charge in [0.2, 0.25) is 0 Å². The monoisotopic (exact) mass is 390 g/mol. The summed E-state index contributed by atoms with van der Waals surface area (Å²) in [6.07, 6.45) is 0.651. The number of rotatable bonds is 2. The first-order valence-electron chi connectivity index (χ1n) is 9.39. The van der Waals surface area contributed by atoms with Crippen LogP contribution in [0, 0.1) is 24.4 Å². The Labute approximate surface area is 161 Å². The molecule has 28 heavy (non-hydrogen) atoms. The van der Waals surface area contributed by atoms with Gasteiger partial charge in [-0.25, -0.2) is 13.2 Å². The number of amides is 1. The second-order valence-electron chi connectivity index (χ2n) is 7.14. The molecule has 1 amide bonds. The molecule has 2 heterocycles. The first-order chi connectivity index (χ1) is 13.5. The van der Waals surface area contributed by atoms with Gasteiger partial charge in [-0.1, -0.05) is 0 Å².